The number of hydrogen-bond acceptors (Lipinski definition) is 5. The third-order valence-corrected chi connectivity index (χ3v) is 16.9. The molecule has 0 saturated heterocycles. The van der Waals surface area contributed by atoms with Gasteiger partial charge in [0.25, 0.3) is 0 Å². The lowest BCUT2D eigenvalue weighted by molar-refractivity contribution is -0.143. The van der Waals surface area contributed by atoms with Crippen LogP contribution in [0.2, 0.25) is 0 Å². The van der Waals surface area contributed by atoms with Crippen molar-refractivity contribution < 1.29 is 24.5 Å². The van der Waals surface area contributed by atoms with Crippen LogP contribution < -0.4 is 5.32 Å². The Morgan fingerprint density at radius 1 is 0.338 bits per heavy atom. The van der Waals surface area contributed by atoms with E-state index in [4.69, 9.17) is 4.74 Å². The molecule has 6 nitrogen and oxygen atoms in total. The number of nitrogens with one attached hydrogen (secondary N) is 1. The fraction of sp³-hybridized carbons (Fsp3) is 0.892. The minimum absolute atomic E-state index is 0.0199. The second-order valence-corrected chi connectivity index (χ2v) is 24.9. The highest BCUT2D eigenvalue weighted by Gasteiger charge is 2.18. The van der Waals surface area contributed by atoms with E-state index in [0.29, 0.717) is 19.4 Å². The summed E-state index contributed by atoms with van der Waals surface area (Å²) in [7, 11) is 0. The number of aliphatic hydroxyl groups excluding tert-OH is 2. The van der Waals surface area contributed by atoms with Gasteiger partial charge in [0.05, 0.1) is 25.4 Å². The molecule has 0 radical (unpaired) electrons. The highest BCUT2D eigenvalue weighted by Crippen LogP contribution is 2.18. The molecule has 0 spiro atoms. The van der Waals surface area contributed by atoms with E-state index in [1.165, 1.54) is 334 Å². The van der Waals surface area contributed by atoms with E-state index < -0.39 is 12.1 Å². The van der Waals surface area contributed by atoms with Crippen molar-refractivity contribution in [3.63, 3.8) is 0 Å². The lowest BCUT2D eigenvalue weighted by atomic mass is 10.0. The lowest BCUT2D eigenvalue weighted by Gasteiger charge is -2.20. The lowest BCUT2D eigenvalue weighted by Crippen LogP contribution is -2.45. The van der Waals surface area contributed by atoms with Gasteiger partial charge in [-0.15, -0.1) is 0 Å². The minimum Gasteiger partial charge on any atom is -0.466 e. The number of esters is 1. The predicted molar refractivity (Wildman–Crippen MR) is 352 cm³/mol. The van der Waals surface area contributed by atoms with Gasteiger partial charge in [-0.2, -0.15) is 0 Å². The van der Waals surface area contributed by atoms with Gasteiger partial charge in [0.1, 0.15) is 0 Å². The fourth-order valence-electron chi connectivity index (χ4n) is 11.3. The molecule has 472 valence electrons. The van der Waals surface area contributed by atoms with Gasteiger partial charge in [-0.25, -0.2) is 0 Å². The first kappa shape index (κ1) is 78.1. The summed E-state index contributed by atoms with van der Waals surface area (Å²) >= 11 is 0. The van der Waals surface area contributed by atoms with Crippen LogP contribution in [0.1, 0.15) is 399 Å². The second-order valence-electron chi connectivity index (χ2n) is 24.9. The Morgan fingerprint density at radius 2 is 0.588 bits per heavy atom. The van der Waals surface area contributed by atoms with Gasteiger partial charge in [-0.1, -0.05) is 339 Å². The summed E-state index contributed by atoms with van der Waals surface area (Å²) < 4.78 is 5.51. The van der Waals surface area contributed by atoms with Crippen molar-refractivity contribution in [1.29, 1.82) is 0 Å². The van der Waals surface area contributed by atoms with Crippen molar-refractivity contribution in [2.75, 3.05) is 13.2 Å². The summed E-state index contributed by atoms with van der Waals surface area (Å²) in [5.41, 5.74) is 0. The maximum absolute atomic E-state index is 12.4. The molecule has 0 aromatic rings. The van der Waals surface area contributed by atoms with Crippen LogP contribution in [0.3, 0.4) is 0 Å². The summed E-state index contributed by atoms with van der Waals surface area (Å²) in [6.45, 7) is 4.90. The summed E-state index contributed by atoms with van der Waals surface area (Å²) in [6.07, 6.45) is 89.8. The van der Waals surface area contributed by atoms with Crippen molar-refractivity contribution in [1.82, 2.24) is 5.32 Å². The van der Waals surface area contributed by atoms with E-state index in [9.17, 15) is 19.8 Å². The van der Waals surface area contributed by atoms with Crippen molar-refractivity contribution in [2.24, 2.45) is 0 Å². The highest BCUT2D eigenvalue weighted by atomic mass is 16.5. The van der Waals surface area contributed by atoms with E-state index in [1.54, 1.807) is 6.08 Å². The number of aliphatic hydroxyl groups is 2. The number of ether oxygens (including phenoxy) is 1. The molecule has 0 saturated carbocycles. The Kier molecular flexibility index (Phi) is 67.9. The summed E-state index contributed by atoms with van der Waals surface area (Å²) in [5.74, 6) is -0.0459. The van der Waals surface area contributed by atoms with Gasteiger partial charge >= 0.3 is 5.97 Å². The maximum atomic E-state index is 12.4. The summed E-state index contributed by atoms with van der Waals surface area (Å²) in [5, 5.41) is 23.0. The molecule has 0 aliphatic heterocycles. The highest BCUT2D eigenvalue weighted by molar-refractivity contribution is 5.76. The molecule has 2 unspecified atom stereocenters. The molecule has 0 bridgehead atoms. The largest absolute Gasteiger partial charge is 0.466 e. The zero-order valence-electron chi connectivity index (χ0n) is 54.1. The Bertz CT molecular complexity index is 1300. The maximum Gasteiger partial charge on any atom is 0.305 e. The molecule has 0 fully saturated rings. The van der Waals surface area contributed by atoms with Crippen molar-refractivity contribution in [3.8, 4) is 0 Å². The minimum atomic E-state index is -0.839. The van der Waals surface area contributed by atoms with Crippen LogP contribution >= 0.6 is 0 Å². The van der Waals surface area contributed by atoms with Gasteiger partial charge in [0.2, 0.25) is 5.91 Å². The average molecular weight is 1120 g/mol. The molecule has 0 aromatic carbocycles. The van der Waals surface area contributed by atoms with Crippen LogP contribution in [-0.2, 0) is 14.3 Å². The van der Waals surface area contributed by atoms with Gasteiger partial charge in [-0.05, 0) is 83.5 Å². The first-order valence-electron chi connectivity index (χ1n) is 36.3. The van der Waals surface area contributed by atoms with Gasteiger partial charge in [0, 0.05) is 12.8 Å². The monoisotopic (exact) mass is 1120 g/mol. The van der Waals surface area contributed by atoms with Crippen LogP contribution in [0.15, 0.2) is 36.5 Å². The first-order valence-corrected chi connectivity index (χ1v) is 36.3. The normalized spacial score (nSPS) is 12.7. The van der Waals surface area contributed by atoms with E-state index in [2.05, 4.69) is 43.5 Å². The Balaban J connectivity index is 3.31. The number of carbonyl (C=O) groups excluding carboxylic acids is 2. The van der Waals surface area contributed by atoms with Crippen LogP contribution in [-0.4, -0.2) is 47.4 Å². The predicted octanol–water partition coefficient (Wildman–Crippen LogP) is 23.5. The van der Waals surface area contributed by atoms with Crippen LogP contribution in [0.4, 0.5) is 0 Å². The summed E-state index contributed by atoms with van der Waals surface area (Å²) in [6, 6.07) is -0.623. The molecular weight excluding hydrogens is 983 g/mol. The summed E-state index contributed by atoms with van der Waals surface area (Å²) in [4.78, 5) is 24.5. The van der Waals surface area contributed by atoms with Gasteiger partial charge < -0.3 is 20.3 Å². The third kappa shape index (κ3) is 65.2. The fourth-order valence-corrected chi connectivity index (χ4v) is 11.3. The van der Waals surface area contributed by atoms with Crippen molar-refractivity contribution >= 4 is 11.9 Å². The van der Waals surface area contributed by atoms with Crippen molar-refractivity contribution in [3.05, 3.63) is 36.5 Å². The molecule has 0 rings (SSSR count). The van der Waals surface area contributed by atoms with E-state index >= 15 is 0 Å². The number of rotatable bonds is 68. The van der Waals surface area contributed by atoms with Crippen LogP contribution in [0, 0.1) is 0 Å². The molecule has 2 atom stereocenters. The number of unbranched alkanes of at least 4 members (excludes halogenated alkanes) is 53. The van der Waals surface area contributed by atoms with Gasteiger partial charge in [0.15, 0.2) is 0 Å². The van der Waals surface area contributed by atoms with E-state index in [0.717, 1.165) is 38.5 Å². The molecule has 1 amide bonds. The molecule has 0 aliphatic carbocycles. The first-order chi connectivity index (χ1) is 39.5. The second kappa shape index (κ2) is 69.6. The molecule has 0 aromatic heterocycles. The number of carbonyl (C=O) groups is 2. The number of amides is 1. The zero-order valence-corrected chi connectivity index (χ0v) is 54.1. The van der Waals surface area contributed by atoms with Crippen molar-refractivity contribution in [2.45, 2.75) is 411 Å². The van der Waals surface area contributed by atoms with Crippen LogP contribution in [0.5, 0.6) is 0 Å². The molecule has 3 N–H and O–H groups in total. The smallest absolute Gasteiger partial charge is 0.305 e. The topological polar surface area (TPSA) is 95.9 Å². The molecular formula is C74H141NO5. The number of hydrogen-bond donors (Lipinski definition) is 3. The van der Waals surface area contributed by atoms with Gasteiger partial charge in [-0.3, -0.25) is 9.59 Å². The third-order valence-electron chi connectivity index (χ3n) is 16.9. The Labute approximate surface area is 500 Å². The Morgan fingerprint density at radius 3 is 0.887 bits per heavy atom. The SMILES string of the molecule is CCCCCCCC/C=C\CCCCCCCCCCCC(=O)OCCCCCCCCCCCCCCCC/C=C\CCCCCCCCCCCCCCCCCCCC(=O)NC(CO)C(O)/C=C/CCCCCCCCC. The quantitative estimate of drug-likeness (QED) is 0.0320. The molecule has 0 aliphatic rings. The Hall–Kier alpha value is -1.92. The number of allylic oxidation sites excluding steroid dienone is 5. The van der Waals surface area contributed by atoms with E-state index in [1.807, 2.05) is 6.08 Å². The average Bonchev–Trinajstić information content (AvgIpc) is 3.46. The zero-order chi connectivity index (χ0) is 57.8. The molecule has 80 heavy (non-hydrogen) atoms. The molecule has 0 heterocycles. The standard InChI is InChI=1S/C74H141NO5/c1-3-5-7-9-11-13-14-15-16-17-35-39-42-45-48-52-56-60-64-68-74(79)80-69-65-61-57-53-49-46-43-40-37-34-32-30-28-26-24-22-20-18-19-21-23-25-27-29-31-33-36-38-41-44-47-51-55-59-63-67-73(78)75-71(70-76)72(77)66-62-58-54-50-12-10-8-6-4-2/h15-16,20,22,62,66,71-72,76-77H,3-14,17-19,21,23-61,63-65,67-70H2,1-2H3,(H,75,78)/b16-15-,22-20-,66-62+. The van der Waals surface area contributed by atoms with Crippen LogP contribution in [0.25, 0.3) is 0 Å². The molecule has 6 heteroatoms. The van der Waals surface area contributed by atoms with E-state index in [-0.39, 0.29) is 18.5 Å².